The van der Waals surface area contributed by atoms with E-state index in [9.17, 15) is 15.0 Å². The van der Waals surface area contributed by atoms with Crippen molar-refractivity contribution >= 4 is 5.97 Å². The molecule has 0 fully saturated rings. The summed E-state index contributed by atoms with van der Waals surface area (Å²) in [6.07, 6.45) is 2.21. The Bertz CT molecular complexity index is 984. The molecule has 0 aromatic heterocycles. The van der Waals surface area contributed by atoms with Crippen LogP contribution in [0.15, 0.2) is 66.7 Å². The Morgan fingerprint density at radius 3 is 2.03 bits per heavy atom. The predicted molar refractivity (Wildman–Crippen MR) is 123 cm³/mol. The molecule has 162 valence electrons. The summed E-state index contributed by atoms with van der Waals surface area (Å²) in [4.78, 5) is 12.2. The summed E-state index contributed by atoms with van der Waals surface area (Å²) in [6, 6.07) is 21.3. The van der Waals surface area contributed by atoms with Crippen molar-refractivity contribution in [3.8, 4) is 16.9 Å². The summed E-state index contributed by atoms with van der Waals surface area (Å²) < 4.78 is 6.24. The summed E-state index contributed by atoms with van der Waals surface area (Å²) in [5.41, 5.74) is 5.30. The highest BCUT2D eigenvalue weighted by molar-refractivity contribution is 5.76. The lowest BCUT2D eigenvalue weighted by atomic mass is 9.97. The van der Waals surface area contributed by atoms with Crippen LogP contribution in [-0.2, 0) is 24.2 Å². The van der Waals surface area contributed by atoms with Crippen LogP contribution in [0.2, 0.25) is 0 Å². The largest absolute Gasteiger partial charge is 0.478 e. The molecule has 0 amide bonds. The van der Waals surface area contributed by atoms with E-state index in [0.29, 0.717) is 11.3 Å². The number of aliphatic hydroxyl groups is 1. The number of carboxylic acid groups (broad SMARTS) is 1. The molecule has 31 heavy (non-hydrogen) atoms. The first-order chi connectivity index (χ1) is 15.1. The number of hydrogen-bond acceptors (Lipinski definition) is 3. The maximum Gasteiger partial charge on any atom is 0.349 e. The molecule has 0 bridgehead atoms. The van der Waals surface area contributed by atoms with Crippen LogP contribution in [0.4, 0.5) is 0 Å². The second-order valence-corrected chi connectivity index (χ2v) is 7.73. The van der Waals surface area contributed by atoms with E-state index < -0.39 is 12.1 Å². The quantitative estimate of drug-likeness (QED) is 0.427. The van der Waals surface area contributed by atoms with Gasteiger partial charge in [0.05, 0.1) is 6.61 Å². The lowest BCUT2D eigenvalue weighted by molar-refractivity contribution is -0.145. The molecule has 0 aliphatic carbocycles. The normalized spacial score (nSPS) is 11.8. The van der Waals surface area contributed by atoms with E-state index in [2.05, 4.69) is 13.8 Å². The van der Waals surface area contributed by atoms with Crippen molar-refractivity contribution in [2.24, 2.45) is 0 Å². The highest BCUT2D eigenvalue weighted by Gasteiger charge is 2.25. The first kappa shape index (κ1) is 22.6. The summed E-state index contributed by atoms with van der Waals surface area (Å²) in [6.45, 7) is 4.11. The van der Waals surface area contributed by atoms with Gasteiger partial charge in [-0.25, -0.2) is 4.79 Å². The molecule has 0 saturated heterocycles. The Labute approximate surface area is 184 Å². The number of benzene rings is 3. The first-order valence-corrected chi connectivity index (χ1v) is 10.9. The molecular formula is C27H30O4. The van der Waals surface area contributed by atoms with Gasteiger partial charge in [0.15, 0.2) is 0 Å². The Hall–Kier alpha value is -3.11. The SMILES string of the molecule is CCCc1cc(CO)cc(CCC)c1OC(C(=O)O)c1cccc(-c2ccccc2)c1. The Balaban J connectivity index is 2.03. The van der Waals surface area contributed by atoms with Crippen molar-refractivity contribution in [1.29, 1.82) is 0 Å². The molecule has 1 unspecified atom stereocenters. The van der Waals surface area contributed by atoms with Gasteiger partial charge in [0, 0.05) is 5.56 Å². The van der Waals surface area contributed by atoms with Gasteiger partial charge in [-0.3, -0.25) is 0 Å². The second-order valence-electron chi connectivity index (χ2n) is 7.73. The number of aliphatic carboxylic acids is 1. The highest BCUT2D eigenvalue weighted by Crippen LogP contribution is 2.34. The van der Waals surface area contributed by atoms with Crippen LogP contribution < -0.4 is 4.74 Å². The van der Waals surface area contributed by atoms with Crippen molar-refractivity contribution in [3.05, 3.63) is 89.0 Å². The summed E-state index contributed by atoms with van der Waals surface area (Å²) in [7, 11) is 0. The fraction of sp³-hybridized carbons (Fsp3) is 0.296. The van der Waals surface area contributed by atoms with Crippen LogP contribution in [0.3, 0.4) is 0 Å². The summed E-state index contributed by atoms with van der Waals surface area (Å²) in [5.74, 6) is -0.389. The fourth-order valence-electron chi connectivity index (χ4n) is 3.87. The van der Waals surface area contributed by atoms with Gasteiger partial charge < -0.3 is 14.9 Å². The monoisotopic (exact) mass is 418 g/mol. The average molecular weight is 419 g/mol. The molecule has 0 spiro atoms. The Kier molecular flexibility index (Phi) is 7.85. The molecule has 4 heteroatoms. The molecule has 3 aromatic carbocycles. The van der Waals surface area contributed by atoms with Gasteiger partial charge >= 0.3 is 5.97 Å². The molecule has 1 atom stereocenters. The summed E-state index contributed by atoms with van der Waals surface area (Å²) >= 11 is 0. The zero-order valence-corrected chi connectivity index (χ0v) is 18.2. The van der Waals surface area contributed by atoms with E-state index in [1.165, 1.54) is 0 Å². The van der Waals surface area contributed by atoms with Crippen molar-refractivity contribution in [3.63, 3.8) is 0 Å². The van der Waals surface area contributed by atoms with E-state index in [1.54, 1.807) is 6.07 Å². The molecular weight excluding hydrogens is 388 g/mol. The highest BCUT2D eigenvalue weighted by atomic mass is 16.5. The van der Waals surface area contributed by atoms with E-state index >= 15 is 0 Å². The number of carboxylic acids is 1. The molecule has 3 aromatic rings. The minimum absolute atomic E-state index is 0.0464. The number of carbonyl (C=O) groups is 1. The standard InChI is InChI=1S/C27H30O4/c1-3-9-22-15-19(18-28)16-23(10-4-2)25(22)31-26(27(29)30)24-14-8-13-21(17-24)20-11-6-5-7-12-20/h5-8,11-17,26,28H,3-4,9-10,18H2,1-2H3,(H,29,30). The zero-order chi connectivity index (χ0) is 22.2. The summed E-state index contributed by atoms with van der Waals surface area (Å²) in [5, 5.41) is 19.7. The smallest absolute Gasteiger partial charge is 0.349 e. The lowest BCUT2D eigenvalue weighted by Gasteiger charge is -2.22. The van der Waals surface area contributed by atoms with Gasteiger partial charge in [-0.1, -0.05) is 75.2 Å². The topological polar surface area (TPSA) is 66.8 Å². The van der Waals surface area contributed by atoms with E-state index in [-0.39, 0.29) is 6.61 Å². The van der Waals surface area contributed by atoms with Crippen LogP contribution in [-0.4, -0.2) is 16.2 Å². The minimum Gasteiger partial charge on any atom is -0.478 e. The van der Waals surface area contributed by atoms with Gasteiger partial charge in [-0.2, -0.15) is 0 Å². The first-order valence-electron chi connectivity index (χ1n) is 10.9. The van der Waals surface area contributed by atoms with Crippen LogP contribution in [0.25, 0.3) is 11.1 Å². The molecule has 0 saturated carbocycles. The molecule has 2 N–H and O–H groups in total. The number of aliphatic hydroxyl groups excluding tert-OH is 1. The Morgan fingerprint density at radius 2 is 1.48 bits per heavy atom. The number of ether oxygens (including phenoxy) is 1. The Morgan fingerprint density at radius 1 is 0.871 bits per heavy atom. The average Bonchev–Trinajstić information content (AvgIpc) is 2.79. The predicted octanol–water partition coefficient (Wildman–Crippen LogP) is 5.96. The van der Waals surface area contributed by atoms with E-state index in [4.69, 9.17) is 4.74 Å². The molecule has 0 heterocycles. The van der Waals surface area contributed by atoms with Crippen molar-refractivity contribution in [2.45, 2.75) is 52.2 Å². The third kappa shape index (κ3) is 5.53. The van der Waals surface area contributed by atoms with Crippen LogP contribution in [0.1, 0.15) is 55.0 Å². The second kappa shape index (κ2) is 10.8. The molecule has 0 radical (unpaired) electrons. The van der Waals surface area contributed by atoms with Crippen molar-refractivity contribution < 1.29 is 19.7 Å². The third-order valence-corrected chi connectivity index (χ3v) is 5.28. The fourth-order valence-corrected chi connectivity index (χ4v) is 3.87. The van der Waals surface area contributed by atoms with Gasteiger partial charge in [-0.15, -0.1) is 0 Å². The number of aryl methyl sites for hydroxylation is 2. The van der Waals surface area contributed by atoms with Crippen molar-refractivity contribution in [1.82, 2.24) is 0 Å². The maximum atomic E-state index is 12.2. The molecule has 0 aliphatic heterocycles. The van der Waals surface area contributed by atoms with Gasteiger partial charge in [0.2, 0.25) is 6.10 Å². The molecule has 3 rings (SSSR count). The number of hydrogen-bond donors (Lipinski definition) is 2. The van der Waals surface area contributed by atoms with Crippen molar-refractivity contribution in [2.75, 3.05) is 0 Å². The van der Waals surface area contributed by atoms with Crippen LogP contribution in [0, 0.1) is 0 Å². The van der Waals surface area contributed by atoms with E-state index in [1.807, 2.05) is 60.7 Å². The minimum atomic E-state index is -1.12. The van der Waals surface area contributed by atoms with Gasteiger partial charge in [-0.05, 0) is 58.9 Å². The zero-order valence-electron chi connectivity index (χ0n) is 18.2. The maximum absolute atomic E-state index is 12.2. The van der Waals surface area contributed by atoms with E-state index in [0.717, 1.165) is 53.5 Å². The lowest BCUT2D eigenvalue weighted by Crippen LogP contribution is -2.20. The third-order valence-electron chi connectivity index (χ3n) is 5.28. The molecule has 4 nitrogen and oxygen atoms in total. The van der Waals surface area contributed by atoms with Crippen LogP contribution in [0.5, 0.6) is 5.75 Å². The number of rotatable bonds is 10. The molecule has 0 aliphatic rings. The van der Waals surface area contributed by atoms with Crippen LogP contribution >= 0.6 is 0 Å². The van der Waals surface area contributed by atoms with Gasteiger partial charge in [0.25, 0.3) is 0 Å². The van der Waals surface area contributed by atoms with Gasteiger partial charge in [0.1, 0.15) is 5.75 Å².